The third-order valence-corrected chi connectivity index (χ3v) is 3.62. The fourth-order valence-corrected chi connectivity index (χ4v) is 2.42. The zero-order valence-electron chi connectivity index (χ0n) is 10.0. The van der Waals surface area contributed by atoms with Gasteiger partial charge in [-0.25, -0.2) is 9.78 Å². The summed E-state index contributed by atoms with van der Waals surface area (Å²) >= 11 is 0. The van der Waals surface area contributed by atoms with Gasteiger partial charge < -0.3 is 9.64 Å². The van der Waals surface area contributed by atoms with E-state index >= 15 is 0 Å². The number of carbonyl (C=O) groups excluding carboxylic acids is 1. The first-order chi connectivity index (χ1) is 8.71. The highest BCUT2D eigenvalue weighted by Crippen LogP contribution is 2.43. The van der Waals surface area contributed by atoms with Crippen molar-refractivity contribution in [2.24, 2.45) is 0 Å². The summed E-state index contributed by atoms with van der Waals surface area (Å²) in [6.07, 6.45) is 5.02. The second-order valence-electron chi connectivity index (χ2n) is 4.85. The van der Waals surface area contributed by atoms with Gasteiger partial charge in [-0.2, -0.15) is 0 Å². The largest absolute Gasteiger partial charge is 0.377 e. The lowest BCUT2D eigenvalue weighted by atomic mass is 10.2. The molecule has 2 heterocycles. The van der Waals surface area contributed by atoms with Gasteiger partial charge >= 0.3 is 5.69 Å². The molecule has 1 saturated heterocycles. The van der Waals surface area contributed by atoms with Crippen molar-refractivity contribution in [3.05, 3.63) is 28.9 Å². The highest BCUT2D eigenvalue weighted by Gasteiger charge is 2.51. The molecule has 96 valence electrons. The predicted octanol–water partition coefficient (Wildman–Crippen LogP) is -0.365. The van der Waals surface area contributed by atoms with Crippen LogP contribution < -0.4 is 5.69 Å². The van der Waals surface area contributed by atoms with E-state index in [2.05, 4.69) is 4.98 Å². The van der Waals surface area contributed by atoms with Crippen LogP contribution in [0.2, 0.25) is 0 Å². The summed E-state index contributed by atoms with van der Waals surface area (Å²) in [5, 5.41) is 0. The van der Waals surface area contributed by atoms with E-state index in [4.69, 9.17) is 4.74 Å². The van der Waals surface area contributed by atoms with Gasteiger partial charge in [0.2, 0.25) is 5.91 Å². The van der Waals surface area contributed by atoms with Crippen molar-refractivity contribution in [2.45, 2.75) is 24.9 Å². The Hall–Kier alpha value is -1.69. The molecule has 0 atom stereocenters. The van der Waals surface area contributed by atoms with E-state index < -0.39 is 0 Å². The van der Waals surface area contributed by atoms with Crippen molar-refractivity contribution in [1.82, 2.24) is 14.5 Å². The average molecular weight is 249 g/mol. The number of amides is 1. The van der Waals surface area contributed by atoms with E-state index in [0.717, 1.165) is 12.8 Å². The third kappa shape index (κ3) is 1.92. The van der Waals surface area contributed by atoms with Crippen LogP contribution >= 0.6 is 0 Å². The van der Waals surface area contributed by atoms with Gasteiger partial charge in [0.05, 0.1) is 18.8 Å². The Kier molecular flexibility index (Phi) is 2.66. The lowest BCUT2D eigenvalue weighted by molar-refractivity contribution is -0.142. The van der Waals surface area contributed by atoms with E-state index in [-0.39, 0.29) is 23.7 Å². The predicted molar refractivity (Wildman–Crippen MR) is 63.0 cm³/mol. The molecular weight excluding hydrogens is 234 g/mol. The molecule has 0 radical (unpaired) electrons. The maximum absolute atomic E-state index is 12.3. The lowest BCUT2D eigenvalue weighted by Gasteiger charge is -2.36. The number of hydrogen-bond acceptors (Lipinski definition) is 4. The molecule has 18 heavy (non-hydrogen) atoms. The number of carbonyl (C=O) groups is 1. The van der Waals surface area contributed by atoms with Crippen molar-refractivity contribution < 1.29 is 9.53 Å². The second-order valence-corrected chi connectivity index (χ2v) is 4.85. The molecule has 6 nitrogen and oxygen atoms in total. The number of nitrogens with zero attached hydrogens (tertiary/aromatic N) is 3. The summed E-state index contributed by atoms with van der Waals surface area (Å²) in [5.41, 5.74) is -0.467. The summed E-state index contributed by atoms with van der Waals surface area (Å²) < 4.78 is 6.77. The molecule has 0 unspecified atom stereocenters. The first-order valence-electron chi connectivity index (χ1n) is 6.11. The quantitative estimate of drug-likeness (QED) is 0.717. The van der Waals surface area contributed by atoms with Gasteiger partial charge in [0.25, 0.3) is 0 Å². The van der Waals surface area contributed by atoms with Gasteiger partial charge in [0.15, 0.2) is 0 Å². The van der Waals surface area contributed by atoms with Crippen molar-refractivity contribution >= 4 is 5.91 Å². The molecule has 1 amide bonds. The minimum absolute atomic E-state index is 0.0223. The molecule has 0 aromatic carbocycles. The Morgan fingerprint density at radius 2 is 2.33 bits per heavy atom. The molecule has 3 rings (SSSR count). The SMILES string of the molecule is O=C(Cn1cccnc1=O)N1CCOCC12CC2. The molecule has 0 N–H and O–H groups in total. The molecule has 1 aromatic heterocycles. The molecule has 1 aliphatic heterocycles. The Bertz CT molecular complexity index is 521. The lowest BCUT2D eigenvalue weighted by Crippen LogP contribution is -2.52. The normalized spacial score (nSPS) is 21.0. The van der Waals surface area contributed by atoms with Crippen molar-refractivity contribution in [3.63, 3.8) is 0 Å². The molecule has 2 fully saturated rings. The molecule has 0 bridgehead atoms. The van der Waals surface area contributed by atoms with Crippen LogP contribution in [0, 0.1) is 0 Å². The second kappa shape index (κ2) is 4.20. The fraction of sp³-hybridized carbons (Fsp3) is 0.583. The molecule has 2 aliphatic rings. The highest BCUT2D eigenvalue weighted by molar-refractivity contribution is 5.77. The van der Waals surface area contributed by atoms with Crippen LogP contribution in [0.3, 0.4) is 0 Å². The van der Waals surface area contributed by atoms with E-state index in [9.17, 15) is 9.59 Å². The van der Waals surface area contributed by atoms with Crippen LogP contribution in [-0.4, -0.2) is 45.7 Å². The minimum atomic E-state index is -0.385. The summed E-state index contributed by atoms with van der Waals surface area (Å²) in [6.45, 7) is 1.89. The maximum Gasteiger partial charge on any atom is 0.347 e. The zero-order chi connectivity index (χ0) is 12.6. The zero-order valence-corrected chi connectivity index (χ0v) is 10.0. The average Bonchev–Trinajstić information content (AvgIpc) is 3.13. The molecule has 1 aliphatic carbocycles. The molecule has 1 saturated carbocycles. The third-order valence-electron chi connectivity index (χ3n) is 3.62. The monoisotopic (exact) mass is 249 g/mol. The van der Waals surface area contributed by atoms with Crippen LogP contribution in [-0.2, 0) is 16.1 Å². The topological polar surface area (TPSA) is 64.4 Å². The van der Waals surface area contributed by atoms with Gasteiger partial charge in [-0.3, -0.25) is 9.36 Å². The minimum Gasteiger partial charge on any atom is -0.377 e. The Labute approximate surface area is 104 Å². The van der Waals surface area contributed by atoms with Crippen molar-refractivity contribution in [2.75, 3.05) is 19.8 Å². The molecule has 1 aromatic rings. The van der Waals surface area contributed by atoms with Gasteiger partial charge in [0.1, 0.15) is 6.54 Å². The summed E-state index contributed by atoms with van der Waals surface area (Å²) in [4.78, 5) is 29.2. The van der Waals surface area contributed by atoms with E-state index in [1.807, 2.05) is 4.90 Å². The first kappa shape index (κ1) is 11.4. The number of morpholine rings is 1. The smallest absolute Gasteiger partial charge is 0.347 e. The van der Waals surface area contributed by atoms with Crippen LogP contribution in [0.4, 0.5) is 0 Å². The van der Waals surface area contributed by atoms with Crippen molar-refractivity contribution in [1.29, 1.82) is 0 Å². The van der Waals surface area contributed by atoms with E-state index in [1.54, 1.807) is 12.3 Å². The maximum atomic E-state index is 12.3. The van der Waals surface area contributed by atoms with Gasteiger partial charge in [-0.05, 0) is 18.9 Å². The fourth-order valence-electron chi connectivity index (χ4n) is 2.42. The molecule has 6 heteroatoms. The number of aromatic nitrogens is 2. The summed E-state index contributed by atoms with van der Waals surface area (Å²) in [6, 6.07) is 1.65. The highest BCUT2D eigenvalue weighted by atomic mass is 16.5. The number of ether oxygens (including phenoxy) is 1. The summed E-state index contributed by atoms with van der Waals surface area (Å²) in [7, 11) is 0. The Balaban J connectivity index is 1.75. The number of rotatable bonds is 2. The van der Waals surface area contributed by atoms with Crippen LogP contribution in [0.5, 0.6) is 0 Å². The van der Waals surface area contributed by atoms with Gasteiger partial charge in [-0.1, -0.05) is 0 Å². The Morgan fingerprint density at radius 1 is 1.50 bits per heavy atom. The van der Waals surface area contributed by atoms with Gasteiger partial charge in [-0.15, -0.1) is 0 Å². The molecular formula is C12H15N3O3. The standard InChI is InChI=1S/C12H15N3O3/c16-10(8-14-5-1-4-13-11(14)17)15-6-7-18-9-12(15)2-3-12/h1,4-5H,2-3,6-9H2. The first-order valence-corrected chi connectivity index (χ1v) is 6.11. The van der Waals surface area contributed by atoms with Crippen LogP contribution in [0.1, 0.15) is 12.8 Å². The molecule has 1 spiro atoms. The van der Waals surface area contributed by atoms with E-state index in [1.165, 1.54) is 10.8 Å². The van der Waals surface area contributed by atoms with E-state index in [0.29, 0.717) is 19.8 Å². The van der Waals surface area contributed by atoms with Crippen molar-refractivity contribution in [3.8, 4) is 0 Å². The number of hydrogen-bond donors (Lipinski definition) is 0. The summed E-state index contributed by atoms with van der Waals surface area (Å²) in [5.74, 6) is -0.0223. The Morgan fingerprint density at radius 3 is 3.06 bits per heavy atom. The van der Waals surface area contributed by atoms with Crippen LogP contribution in [0.15, 0.2) is 23.3 Å². The van der Waals surface area contributed by atoms with Crippen LogP contribution in [0.25, 0.3) is 0 Å². The van der Waals surface area contributed by atoms with Gasteiger partial charge in [0, 0.05) is 18.9 Å².